The van der Waals surface area contributed by atoms with Gasteiger partial charge >= 0.3 is 0 Å². The normalized spacial score (nSPS) is 53.4. The van der Waals surface area contributed by atoms with E-state index in [4.69, 9.17) is 16.2 Å². The van der Waals surface area contributed by atoms with Crippen LogP contribution in [0.4, 0.5) is 0 Å². The molecule has 4 atom stereocenters. The van der Waals surface area contributed by atoms with E-state index in [0.717, 1.165) is 19.4 Å². The maximum atomic E-state index is 5.85. The second-order valence-corrected chi connectivity index (χ2v) is 3.43. The summed E-state index contributed by atoms with van der Waals surface area (Å²) in [6.45, 7) is 0.833. The zero-order valence-corrected chi connectivity index (χ0v) is 5.99. The summed E-state index contributed by atoms with van der Waals surface area (Å²) in [6.07, 6.45) is 2.28. The molecule has 3 aliphatic rings. The van der Waals surface area contributed by atoms with Crippen molar-refractivity contribution in [3.63, 3.8) is 0 Å². The standard InChI is InChI=1S/C7H14N2O/c8-5-2-7-6(9)1-4(5)3-10-7/h4-7H,1-3,8-9H2. The molecular weight excluding hydrogens is 128 g/mol. The Bertz CT molecular complexity index is 124. The van der Waals surface area contributed by atoms with Crippen LogP contribution in [0.5, 0.6) is 0 Å². The molecular formula is C7H14N2O. The summed E-state index contributed by atoms with van der Waals surface area (Å²) in [6, 6.07) is 0.595. The van der Waals surface area contributed by atoms with Crippen LogP contribution in [0.25, 0.3) is 0 Å². The van der Waals surface area contributed by atoms with E-state index in [2.05, 4.69) is 0 Å². The van der Waals surface area contributed by atoms with Gasteiger partial charge in [0.1, 0.15) is 0 Å². The van der Waals surface area contributed by atoms with Gasteiger partial charge < -0.3 is 16.2 Å². The van der Waals surface area contributed by atoms with E-state index >= 15 is 0 Å². The van der Waals surface area contributed by atoms with Crippen molar-refractivity contribution in [1.82, 2.24) is 0 Å². The Labute approximate surface area is 60.7 Å². The van der Waals surface area contributed by atoms with Crippen molar-refractivity contribution < 1.29 is 4.74 Å². The highest BCUT2D eigenvalue weighted by Crippen LogP contribution is 2.30. The van der Waals surface area contributed by atoms with E-state index in [1.54, 1.807) is 0 Å². The highest BCUT2D eigenvalue weighted by molar-refractivity contribution is 4.94. The molecule has 0 aromatic carbocycles. The van der Waals surface area contributed by atoms with Crippen molar-refractivity contribution >= 4 is 0 Å². The lowest BCUT2D eigenvalue weighted by Crippen LogP contribution is -2.57. The maximum absolute atomic E-state index is 5.85. The second kappa shape index (κ2) is 2.19. The lowest BCUT2D eigenvalue weighted by molar-refractivity contribution is -0.0838. The largest absolute Gasteiger partial charge is 0.376 e. The maximum Gasteiger partial charge on any atom is 0.0741 e. The Morgan fingerprint density at radius 3 is 2.20 bits per heavy atom. The minimum atomic E-state index is 0.249. The van der Waals surface area contributed by atoms with Gasteiger partial charge in [0.15, 0.2) is 0 Å². The fraction of sp³-hybridized carbons (Fsp3) is 1.00. The van der Waals surface area contributed by atoms with Crippen molar-refractivity contribution in [3.05, 3.63) is 0 Å². The first kappa shape index (κ1) is 6.58. The van der Waals surface area contributed by atoms with E-state index in [1.807, 2.05) is 0 Å². The third kappa shape index (κ3) is 0.856. The number of hydrogen-bond donors (Lipinski definition) is 2. The molecule has 3 heteroatoms. The minimum Gasteiger partial charge on any atom is -0.376 e. The average molecular weight is 142 g/mol. The molecule has 4 unspecified atom stereocenters. The summed E-state index contributed by atoms with van der Waals surface area (Å²) in [5, 5.41) is 0. The van der Waals surface area contributed by atoms with Crippen LogP contribution >= 0.6 is 0 Å². The zero-order valence-electron chi connectivity index (χ0n) is 5.99. The summed E-state index contributed by atoms with van der Waals surface area (Å²) >= 11 is 0. The van der Waals surface area contributed by atoms with Gasteiger partial charge in [0.25, 0.3) is 0 Å². The summed E-state index contributed by atoms with van der Waals surface area (Å²) in [5.41, 5.74) is 11.6. The first-order valence-corrected chi connectivity index (χ1v) is 3.90. The first-order chi connectivity index (χ1) is 4.77. The second-order valence-electron chi connectivity index (χ2n) is 3.43. The van der Waals surface area contributed by atoms with Crippen LogP contribution in [0.3, 0.4) is 0 Å². The van der Waals surface area contributed by atoms with Crippen molar-refractivity contribution in [2.24, 2.45) is 17.4 Å². The van der Waals surface area contributed by atoms with Gasteiger partial charge in [0, 0.05) is 12.1 Å². The summed E-state index contributed by atoms with van der Waals surface area (Å²) < 4.78 is 5.45. The van der Waals surface area contributed by atoms with Gasteiger partial charge in [0.05, 0.1) is 12.7 Å². The van der Waals surface area contributed by atoms with Crippen LogP contribution in [0, 0.1) is 5.92 Å². The topological polar surface area (TPSA) is 61.3 Å². The first-order valence-electron chi connectivity index (χ1n) is 3.90. The SMILES string of the molecule is NC1CC2OCC1CC2N. The number of hydrogen-bond acceptors (Lipinski definition) is 3. The monoisotopic (exact) mass is 142 g/mol. The number of nitrogens with two attached hydrogens (primary N) is 2. The molecule has 2 saturated heterocycles. The Morgan fingerprint density at radius 2 is 1.90 bits per heavy atom. The van der Waals surface area contributed by atoms with E-state index in [9.17, 15) is 0 Å². The van der Waals surface area contributed by atoms with Crippen molar-refractivity contribution in [1.29, 1.82) is 0 Å². The van der Waals surface area contributed by atoms with Crippen molar-refractivity contribution in [2.45, 2.75) is 31.0 Å². The molecule has 0 radical (unpaired) electrons. The molecule has 0 aromatic heterocycles. The molecule has 2 aliphatic heterocycles. The molecule has 3 nitrogen and oxygen atoms in total. The molecule has 3 rings (SSSR count). The van der Waals surface area contributed by atoms with E-state index in [0.29, 0.717) is 12.0 Å². The number of rotatable bonds is 0. The zero-order chi connectivity index (χ0) is 7.14. The summed E-state index contributed by atoms with van der Waals surface area (Å²) in [5.74, 6) is 0.528. The number of ether oxygens (including phenoxy) is 1. The van der Waals surface area contributed by atoms with Gasteiger partial charge in [-0.05, 0) is 18.8 Å². The molecule has 4 N–H and O–H groups in total. The Kier molecular flexibility index (Phi) is 1.44. The molecule has 58 valence electrons. The molecule has 1 aliphatic carbocycles. The van der Waals surface area contributed by atoms with Crippen LogP contribution in [-0.2, 0) is 4.74 Å². The van der Waals surface area contributed by atoms with Gasteiger partial charge in [-0.1, -0.05) is 0 Å². The quantitative estimate of drug-likeness (QED) is 0.477. The third-order valence-corrected chi connectivity index (χ3v) is 2.69. The van der Waals surface area contributed by atoms with Gasteiger partial charge in [-0.15, -0.1) is 0 Å². The molecule has 3 fully saturated rings. The highest BCUT2D eigenvalue weighted by atomic mass is 16.5. The number of fused-ring (bicyclic) bond motifs is 3. The minimum absolute atomic E-state index is 0.249. The molecule has 0 amide bonds. The van der Waals surface area contributed by atoms with Gasteiger partial charge in [0.2, 0.25) is 0 Å². The van der Waals surface area contributed by atoms with Crippen LogP contribution in [0.1, 0.15) is 12.8 Å². The smallest absolute Gasteiger partial charge is 0.0741 e. The molecule has 10 heavy (non-hydrogen) atoms. The lowest BCUT2D eigenvalue weighted by Gasteiger charge is -2.44. The Hall–Kier alpha value is -0.120. The van der Waals surface area contributed by atoms with Crippen LogP contribution in [-0.4, -0.2) is 24.8 Å². The van der Waals surface area contributed by atoms with Gasteiger partial charge in [-0.25, -0.2) is 0 Å². The predicted molar refractivity (Wildman–Crippen MR) is 38.4 cm³/mol. The Morgan fingerprint density at radius 1 is 1.10 bits per heavy atom. The van der Waals surface area contributed by atoms with E-state index in [1.165, 1.54) is 0 Å². The molecule has 0 aromatic rings. The average Bonchev–Trinajstić information content (AvgIpc) is 1.91. The summed E-state index contributed by atoms with van der Waals surface area (Å²) in [7, 11) is 0. The summed E-state index contributed by atoms with van der Waals surface area (Å²) in [4.78, 5) is 0. The lowest BCUT2D eigenvalue weighted by atomic mass is 9.78. The van der Waals surface area contributed by atoms with Crippen molar-refractivity contribution in [2.75, 3.05) is 6.61 Å². The van der Waals surface area contributed by atoms with Crippen molar-refractivity contribution in [3.8, 4) is 0 Å². The molecule has 0 spiro atoms. The predicted octanol–water partition coefficient (Wildman–Crippen LogP) is -0.550. The fourth-order valence-electron chi connectivity index (χ4n) is 1.94. The highest BCUT2D eigenvalue weighted by Gasteiger charge is 2.39. The van der Waals surface area contributed by atoms with E-state index in [-0.39, 0.29) is 12.1 Å². The van der Waals surface area contributed by atoms with Crippen LogP contribution < -0.4 is 11.5 Å². The van der Waals surface area contributed by atoms with Gasteiger partial charge in [-0.3, -0.25) is 0 Å². The fourth-order valence-corrected chi connectivity index (χ4v) is 1.94. The molecule has 2 heterocycles. The Balaban J connectivity index is 2.09. The third-order valence-electron chi connectivity index (χ3n) is 2.69. The molecule has 1 saturated carbocycles. The van der Waals surface area contributed by atoms with Crippen LogP contribution in [0.15, 0.2) is 0 Å². The van der Waals surface area contributed by atoms with Crippen LogP contribution in [0.2, 0.25) is 0 Å². The van der Waals surface area contributed by atoms with Gasteiger partial charge in [-0.2, -0.15) is 0 Å². The molecule has 2 bridgehead atoms. The van der Waals surface area contributed by atoms with E-state index < -0.39 is 0 Å².